The topological polar surface area (TPSA) is 83.5 Å². The average molecular weight is 379 g/mol. The number of nitrogens with one attached hydrogen (secondary N) is 2. The molecule has 3 aromatic rings. The van der Waals surface area contributed by atoms with E-state index >= 15 is 0 Å². The van der Waals surface area contributed by atoms with Gasteiger partial charge in [0, 0.05) is 28.7 Å². The number of benzene rings is 2. The molecule has 0 bridgehead atoms. The van der Waals surface area contributed by atoms with Crippen molar-refractivity contribution in [2.45, 2.75) is 0 Å². The lowest BCUT2D eigenvalue weighted by Gasteiger charge is -2.06. The van der Waals surface area contributed by atoms with Gasteiger partial charge in [0.05, 0.1) is 11.8 Å². The Bertz CT molecular complexity index is 973. The molecule has 2 aromatic carbocycles. The van der Waals surface area contributed by atoms with Crippen LogP contribution < -0.4 is 10.7 Å². The van der Waals surface area contributed by atoms with Crippen LogP contribution in [0.1, 0.15) is 26.3 Å². The minimum atomic E-state index is -0.355. The molecule has 2 N–H and O–H groups in total. The Labute approximate surface area is 160 Å². The van der Waals surface area contributed by atoms with Gasteiger partial charge in [-0.2, -0.15) is 5.10 Å². The largest absolute Gasteiger partial charge is 0.322 e. The van der Waals surface area contributed by atoms with Crippen molar-refractivity contribution in [2.24, 2.45) is 5.10 Å². The number of carbonyl (C=O) groups excluding carboxylic acids is 2. The molecule has 134 valence electrons. The summed E-state index contributed by atoms with van der Waals surface area (Å²) in [6, 6.07) is 17.0. The number of anilines is 1. The summed E-state index contributed by atoms with van der Waals surface area (Å²) in [6.07, 6.45) is 4.54. The molecule has 0 fully saturated rings. The van der Waals surface area contributed by atoms with Gasteiger partial charge in [0.2, 0.25) is 0 Å². The van der Waals surface area contributed by atoms with Crippen LogP contribution in [0.15, 0.2) is 78.2 Å². The van der Waals surface area contributed by atoms with Crippen molar-refractivity contribution in [1.29, 1.82) is 0 Å². The Hall–Kier alpha value is -3.51. The van der Waals surface area contributed by atoms with Gasteiger partial charge in [0.15, 0.2) is 0 Å². The van der Waals surface area contributed by atoms with Crippen LogP contribution in [0.25, 0.3) is 0 Å². The van der Waals surface area contributed by atoms with Gasteiger partial charge in [-0.3, -0.25) is 14.6 Å². The standard InChI is InChI=1S/C20H15ClN4O2/c21-17-8-6-15(7-9-17)19(26)24-18-5-1-3-14(11-18)12-23-25-20(27)16-4-2-10-22-13-16/h1-13H,(H,24,26)(H,25,27)/b23-12+. The number of hydrogen-bond donors (Lipinski definition) is 2. The molecule has 2 amide bonds. The van der Waals surface area contributed by atoms with Crippen LogP contribution in [-0.2, 0) is 0 Å². The molecule has 3 rings (SSSR count). The van der Waals surface area contributed by atoms with E-state index in [-0.39, 0.29) is 11.8 Å². The van der Waals surface area contributed by atoms with Crippen LogP contribution in [0.2, 0.25) is 5.02 Å². The molecule has 0 radical (unpaired) electrons. The first kappa shape index (κ1) is 18.3. The van der Waals surface area contributed by atoms with Gasteiger partial charge in [-0.15, -0.1) is 0 Å². The normalized spacial score (nSPS) is 10.6. The molecular formula is C20H15ClN4O2. The number of aromatic nitrogens is 1. The maximum atomic E-state index is 12.2. The first-order valence-corrected chi connectivity index (χ1v) is 8.40. The van der Waals surface area contributed by atoms with Crippen LogP contribution in [0.5, 0.6) is 0 Å². The highest BCUT2D eigenvalue weighted by molar-refractivity contribution is 6.30. The summed E-state index contributed by atoms with van der Waals surface area (Å²) in [7, 11) is 0. The van der Waals surface area contributed by atoms with Gasteiger partial charge in [-0.05, 0) is 54.1 Å². The molecule has 0 spiro atoms. The maximum absolute atomic E-state index is 12.2. The molecule has 0 atom stereocenters. The highest BCUT2D eigenvalue weighted by atomic mass is 35.5. The zero-order chi connectivity index (χ0) is 19.1. The number of rotatable bonds is 5. The van der Waals surface area contributed by atoms with Crippen LogP contribution in [-0.4, -0.2) is 23.0 Å². The number of halogens is 1. The van der Waals surface area contributed by atoms with Gasteiger partial charge in [0.25, 0.3) is 11.8 Å². The molecule has 1 heterocycles. The molecule has 27 heavy (non-hydrogen) atoms. The SMILES string of the molecule is O=C(N/N=C/c1cccc(NC(=O)c2ccc(Cl)cc2)c1)c1cccnc1. The van der Waals surface area contributed by atoms with E-state index in [1.807, 2.05) is 0 Å². The molecule has 0 unspecified atom stereocenters. The van der Waals surface area contributed by atoms with Crippen molar-refractivity contribution in [3.8, 4) is 0 Å². The highest BCUT2D eigenvalue weighted by Gasteiger charge is 2.06. The minimum Gasteiger partial charge on any atom is -0.322 e. The van der Waals surface area contributed by atoms with Gasteiger partial charge in [-0.1, -0.05) is 23.7 Å². The molecule has 0 aliphatic carbocycles. The second-order valence-corrected chi connectivity index (χ2v) is 5.96. The monoisotopic (exact) mass is 378 g/mol. The molecule has 0 aliphatic rings. The molecule has 6 nitrogen and oxygen atoms in total. The first-order chi connectivity index (χ1) is 13.1. The number of amides is 2. The Balaban J connectivity index is 1.62. The number of carbonyl (C=O) groups is 2. The van der Waals surface area contributed by atoms with Crippen molar-refractivity contribution in [1.82, 2.24) is 10.4 Å². The maximum Gasteiger partial charge on any atom is 0.272 e. The van der Waals surface area contributed by atoms with Crippen molar-refractivity contribution in [2.75, 3.05) is 5.32 Å². The summed E-state index contributed by atoms with van der Waals surface area (Å²) < 4.78 is 0. The molecule has 7 heteroatoms. The summed E-state index contributed by atoms with van der Waals surface area (Å²) >= 11 is 5.83. The second kappa shape index (κ2) is 8.73. The Morgan fingerprint density at radius 1 is 0.963 bits per heavy atom. The predicted octanol–water partition coefficient (Wildman–Crippen LogP) is 3.75. The Morgan fingerprint density at radius 3 is 2.52 bits per heavy atom. The number of nitrogens with zero attached hydrogens (tertiary/aromatic N) is 2. The number of hydrogen-bond acceptors (Lipinski definition) is 4. The van der Waals surface area contributed by atoms with E-state index in [1.54, 1.807) is 66.9 Å². The van der Waals surface area contributed by atoms with Crippen LogP contribution in [0.4, 0.5) is 5.69 Å². The van der Waals surface area contributed by atoms with Gasteiger partial charge >= 0.3 is 0 Å². The van der Waals surface area contributed by atoms with E-state index in [0.717, 1.165) is 5.56 Å². The lowest BCUT2D eigenvalue weighted by molar-refractivity contribution is 0.0954. The van der Waals surface area contributed by atoms with E-state index in [0.29, 0.717) is 21.8 Å². The fourth-order valence-electron chi connectivity index (χ4n) is 2.23. The summed E-state index contributed by atoms with van der Waals surface area (Å²) in [5.41, 5.74) is 4.67. The summed E-state index contributed by atoms with van der Waals surface area (Å²) in [5, 5.41) is 7.30. The van der Waals surface area contributed by atoms with Crippen molar-refractivity contribution >= 4 is 35.3 Å². The number of hydrazone groups is 1. The first-order valence-electron chi connectivity index (χ1n) is 8.02. The molecule has 1 aromatic heterocycles. The molecule has 0 aliphatic heterocycles. The summed E-state index contributed by atoms with van der Waals surface area (Å²) in [4.78, 5) is 28.0. The fourth-order valence-corrected chi connectivity index (χ4v) is 2.35. The highest BCUT2D eigenvalue weighted by Crippen LogP contribution is 2.13. The van der Waals surface area contributed by atoms with E-state index in [4.69, 9.17) is 11.6 Å². The third-order valence-corrected chi connectivity index (χ3v) is 3.81. The fraction of sp³-hybridized carbons (Fsp3) is 0. The molecular weight excluding hydrogens is 364 g/mol. The molecule has 0 saturated carbocycles. The third kappa shape index (κ3) is 5.23. The van der Waals surface area contributed by atoms with E-state index in [9.17, 15) is 9.59 Å². The predicted molar refractivity (Wildman–Crippen MR) is 105 cm³/mol. The average Bonchev–Trinajstić information content (AvgIpc) is 2.69. The molecule has 0 saturated heterocycles. The van der Waals surface area contributed by atoms with Gasteiger partial charge in [0.1, 0.15) is 0 Å². The Kier molecular flexibility index (Phi) is 5.91. The minimum absolute atomic E-state index is 0.245. The van der Waals surface area contributed by atoms with Gasteiger partial charge < -0.3 is 5.32 Å². The van der Waals surface area contributed by atoms with E-state index < -0.39 is 0 Å². The zero-order valence-corrected chi connectivity index (χ0v) is 14.9. The van der Waals surface area contributed by atoms with Crippen molar-refractivity contribution < 1.29 is 9.59 Å². The van der Waals surface area contributed by atoms with Crippen LogP contribution in [0, 0.1) is 0 Å². The van der Waals surface area contributed by atoms with Crippen LogP contribution in [0.3, 0.4) is 0 Å². The van der Waals surface area contributed by atoms with Gasteiger partial charge in [-0.25, -0.2) is 5.43 Å². The summed E-state index contributed by atoms with van der Waals surface area (Å²) in [6.45, 7) is 0. The number of pyridine rings is 1. The smallest absolute Gasteiger partial charge is 0.272 e. The third-order valence-electron chi connectivity index (χ3n) is 3.55. The lowest BCUT2D eigenvalue weighted by atomic mass is 10.2. The zero-order valence-electron chi connectivity index (χ0n) is 14.1. The second-order valence-electron chi connectivity index (χ2n) is 5.53. The Morgan fingerprint density at radius 2 is 1.78 bits per heavy atom. The summed E-state index contributed by atoms with van der Waals surface area (Å²) in [5.74, 6) is -0.600. The van der Waals surface area contributed by atoms with E-state index in [1.165, 1.54) is 12.4 Å². The van der Waals surface area contributed by atoms with Crippen molar-refractivity contribution in [3.05, 3.63) is 94.8 Å². The van der Waals surface area contributed by atoms with Crippen LogP contribution >= 0.6 is 11.6 Å². The van der Waals surface area contributed by atoms with E-state index in [2.05, 4.69) is 20.8 Å². The quantitative estimate of drug-likeness (QED) is 0.524. The lowest BCUT2D eigenvalue weighted by Crippen LogP contribution is -2.17. The van der Waals surface area contributed by atoms with Crippen molar-refractivity contribution in [3.63, 3.8) is 0 Å².